The van der Waals surface area contributed by atoms with Crippen LogP contribution in [0.1, 0.15) is 5.56 Å². The first-order valence-electron chi connectivity index (χ1n) is 4.40. The van der Waals surface area contributed by atoms with Gasteiger partial charge in [-0.15, -0.1) is 0 Å². The standard InChI is InChI=1S/C12H11ClO2/c1-15-12(14)9-11(13)8-7-10-5-3-2-4-6-10/h2-9H,1H3/b8-7+,11-9-. The number of methoxy groups -OCH3 is 1. The molecule has 0 aliphatic heterocycles. The van der Waals surface area contributed by atoms with Crippen LogP contribution in [0.4, 0.5) is 0 Å². The van der Waals surface area contributed by atoms with E-state index < -0.39 is 5.97 Å². The first-order valence-corrected chi connectivity index (χ1v) is 4.78. The molecule has 0 saturated heterocycles. The van der Waals surface area contributed by atoms with Crippen molar-refractivity contribution in [3.8, 4) is 0 Å². The van der Waals surface area contributed by atoms with Crippen LogP contribution in [0, 0.1) is 0 Å². The number of hydrogen-bond donors (Lipinski definition) is 0. The second kappa shape index (κ2) is 6.04. The van der Waals surface area contributed by atoms with Gasteiger partial charge in [0.25, 0.3) is 0 Å². The van der Waals surface area contributed by atoms with Crippen molar-refractivity contribution in [2.45, 2.75) is 0 Å². The SMILES string of the molecule is COC(=O)/C=C(Cl)/C=C/c1ccccc1. The second-order valence-electron chi connectivity index (χ2n) is 2.80. The fraction of sp³-hybridized carbons (Fsp3) is 0.0833. The van der Waals surface area contributed by atoms with Gasteiger partial charge in [-0.1, -0.05) is 48.0 Å². The van der Waals surface area contributed by atoms with E-state index >= 15 is 0 Å². The molecular formula is C12H11ClO2. The average molecular weight is 223 g/mol. The highest BCUT2D eigenvalue weighted by molar-refractivity contribution is 6.32. The maximum Gasteiger partial charge on any atom is 0.331 e. The van der Waals surface area contributed by atoms with Crippen LogP contribution < -0.4 is 0 Å². The monoisotopic (exact) mass is 222 g/mol. The van der Waals surface area contributed by atoms with Crippen LogP contribution in [0.2, 0.25) is 0 Å². The molecule has 0 bridgehead atoms. The molecule has 0 spiro atoms. The number of benzene rings is 1. The van der Waals surface area contributed by atoms with E-state index in [2.05, 4.69) is 4.74 Å². The zero-order valence-electron chi connectivity index (χ0n) is 8.31. The van der Waals surface area contributed by atoms with Gasteiger partial charge in [-0.05, 0) is 11.6 Å². The molecular weight excluding hydrogens is 212 g/mol. The molecule has 1 aromatic rings. The summed E-state index contributed by atoms with van der Waals surface area (Å²) in [5, 5.41) is 0.339. The molecule has 1 rings (SSSR count). The summed E-state index contributed by atoms with van der Waals surface area (Å²) < 4.78 is 4.44. The fourth-order valence-electron chi connectivity index (χ4n) is 0.960. The summed E-state index contributed by atoms with van der Waals surface area (Å²) in [5.41, 5.74) is 1.02. The Labute approximate surface area is 93.8 Å². The number of esters is 1. The number of halogens is 1. The molecule has 15 heavy (non-hydrogen) atoms. The lowest BCUT2D eigenvalue weighted by Gasteiger charge is -1.92. The molecule has 78 valence electrons. The van der Waals surface area contributed by atoms with Gasteiger partial charge in [0.1, 0.15) is 0 Å². The van der Waals surface area contributed by atoms with Crippen LogP contribution in [0.3, 0.4) is 0 Å². The van der Waals surface area contributed by atoms with Crippen molar-refractivity contribution in [2.24, 2.45) is 0 Å². The van der Waals surface area contributed by atoms with E-state index in [1.165, 1.54) is 13.2 Å². The lowest BCUT2D eigenvalue weighted by atomic mass is 10.2. The highest BCUT2D eigenvalue weighted by Gasteiger charge is 1.94. The molecule has 0 N–H and O–H groups in total. The number of carbonyl (C=O) groups is 1. The van der Waals surface area contributed by atoms with E-state index in [1.807, 2.05) is 36.4 Å². The molecule has 0 aromatic heterocycles. The van der Waals surface area contributed by atoms with Crippen LogP contribution in [-0.2, 0) is 9.53 Å². The summed E-state index contributed by atoms with van der Waals surface area (Å²) in [6, 6.07) is 9.68. The van der Waals surface area contributed by atoms with Gasteiger partial charge in [0.15, 0.2) is 0 Å². The van der Waals surface area contributed by atoms with Crippen molar-refractivity contribution >= 4 is 23.6 Å². The summed E-state index contributed by atoms with van der Waals surface area (Å²) in [6.45, 7) is 0. The van der Waals surface area contributed by atoms with Crippen LogP contribution in [0.25, 0.3) is 6.08 Å². The Hall–Kier alpha value is -1.54. The van der Waals surface area contributed by atoms with Gasteiger partial charge in [0.2, 0.25) is 0 Å². The van der Waals surface area contributed by atoms with Gasteiger partial charge in [-0.2, -0.15) is 0 Å². The van der Waals surface area contributed by atoms with Gasteiger partial charge in [-0.3, -0.25) is 0 Å². The second-order valence-corrected chi connectivity index (χ2v) is 3.23. The van der Waals surface area contributed by atoms with Crippen molar-refractivity contribution in [3.63, 3.8) is 0 Å². The van der Waals surface area contributed by atoms with E-state index in [1.54, 1.807) is 6.08 Å². The van der Waals surface area contributed by atoms with E-state index in [0.29, 0.717) is 5.03 Å². The minimum absolute atomic E-state index is 0.339. The minimum Gasteiger partial charge on any atom is -0.466 e. The average Bonchev–Trinajstić information content (AvgIpc) is 2.27. The maximum absolute atomic E-state index is 10.8. The summed E-state index contributed by atoms with van der Waals surface area (Å²) in [6.07, 6.45) is 4.69. The number of hydrogen-bond acceptors (Lipinski definition) is 2. The first-order chi connectivity index (χ1) is 7.22. The molecule has 1 aromatic carbocycles. The Morgan fingerprint density at radius 3 is 2.60 bits per heavy atom. The quantitative estimate of drug-likeness (QED) is 0.447. The third-order valence-electron chi connectivity index (χ3n) is 1.69. The highest BCUT2D eigenvalue weighted by atomic mass is 35.5. The molecule has 0 radical (unpaired) electrons. The molecule has 3 heteroatoms. The molecule has 0 aliphatic rings. The summed E-state index contributed by atoms with van der Waals surface area (Å²) in [4.78, 5) is 10.8. The lowest BCUT2D eigenvalue weighted by molar-refractivity contribution is -0.134. The molecule has 0 amide bonds. The van der Waals surface area contributed by atoms with Crippen LogP contribution >= 0.6 is 11.6 Å². The third-order valence-corrected chi connectivity index (χ3v) is 1.93. The topological polar surface area (TPSA) is 26.3 Å². The number of ether oxygens (including phenoxy) is 1. The van der Waals surface area contributed by atoms with E-state index in [4.69, 9.17) is 11.6 Å². The molecule has 0 fully saturated rings. The fourth-order valence-corrected chi connectivity index (χ4v) is 1.11. The molecule has 0 saturated carbocycles. The molecule has 0 atom stereocenters. The molecule has 0 aliphatic carbocycles. The molecule has 0 heterocycles. The zero-order valence-corrected chi connectivity index (χ0v) is 9.07. The van der Waals surface area contributed by atoms with Crippen LogP contribution in [0.15, 0.2) is 47.5 Å². The first kappa shape index (κ1) is 11.5. The molecule has 2 nitrogen and oxygen atoms in total. The Morgan fingerprint density at radius 2 is 2.00 bits per heavy atom. The third kappa shape index (κ3) is 4.47. The summed E-state index contributed by atoms with van der Waals surface area (Å²) in [7, 11) is 1.31. The molecule has 0 unspecified atom stereocenters. The number of allylic oxidation sites excluding steroid dienone is 2. The van der Waals surface area contributed by atoms with Gasteiger partial charge in [0.05, 0.1) is 7.11 Å². The smallest absolute Gasteiger partial charge is 0.331 e. The normalized spacial score (nSPS) is 11.7. The van der Waals surface area contributed by atoms with Crippen molar-refractivity contribution in [3.05, 3.63) is 53.1 Å². The summed E-state index contributed by atoms with van der Waals surface area (Å²) >= 11 is 5.78. The van der Waals surface area contributed by atoms with Crippen LogP contribution in [-0.4, -0.2) is 13.1 Å². The van der Waals surface area contributed by atoms with Gasteiger partial charge >= 0.3 is 5.97 Å². The van der Waals surface area contributed by atoms with E-state index in [0.717, 1.165) is 5.56 Å². The zero-order chi connectivity index (χ0) is 11.1. The van der Waals surface area contributed by atoms with Crippen molar-refractivity contribution in [1.82, 2.24) is 0 Å². The van der Waals surface area contributed by atoms with Crippen LogP contribution in [0.5, 0.6) is 0 Å². The van der Waals surface area contributed by atoms with Gasteiger partial charge in [0, 0.05) is 11.1 Å². The maximum atomic E-state index is 10.8. The predicted octanol–water partition coefficient (Wildman–Crippen LogP) is 3.00. The van der Waals surface area contributed by atoms with Crippen molar-refractivity contribution in [2.75, 3.05) is 7.11 Å². The number of rotatable bonds is 3. The van der Waals surface area contributed by atoms with E-state index in [9.17, 15) is 4.79 Å². The predicted molar refractivity (Wildman–Crippen MR) is 61.4 cm³/mol. The summed E-state index contributed by atoms with van der Waals surface area (Å²) in [5.74, 6) is -0.460. The minimum atomic E-state index is -0.460. The Bertz CT molecular complexity index is 380. The number of carbonyl (C=O) groups excluding carboxylic acids is 1. The van der Waals surface area contributed by atoms with Crippen molar-refractivity contribution in [1.29, 1.82) is 0 Å². The largest absolute Gasteiger partial charge is 0.466 e. The van der Waals surface area contributed by atoms with Gasteiger partial charge in [-0.25, -0.2) is 4.79 Å². The van der Waals surface area contributed by atoms with Crippen molar-refractivity contribution < 1.29 is 9.53 Å². The Kier molecular flexibility index (Phi) is 4.64. The lowest BCUT2D eigenvalue weighted by Crippen LogP contribution is -1.94. The van der Waals surface area contributed by atoms with E-state index in [-0.39, 0.29) is 0 Å². The Morgan fingerprint density at radius 1 is 1.33 bits per heavy atom. The highest BCUT2D eigenvalue weighted by Crippen LogP contribution is 2.08. The van der Waals surface area contributed by atoms with Gasteiger partial charge < -0.3 is 4.74 Å². The Balaban J connectivity index is 2.66.